The van der Waals surface area contributed by atoms with Crippen LogP contribution in [-0.4, -0.2) is 49.7 Å². The first-order valence-electron chi connectivity index (χ1n) is 9.47. The van der Waals surface area contributed by atoms with Crippen LogP contribution in [0.3, 0.4) is 0 Å². The van der Waals surface area contributed by atoms with Crippen molar-refractivity contribution < 1.29 is 61.3 Å². The number of hydrogen-bond donors (Lipinski definition) is 2. The fraction of sp³-hybridized carbons (Fsp3) is 0.889. The summed E-state index contributed by atoms with van der Waals surface area (Å²) in [5.74, 6) is 0.330. The van der Waals surface area contributed by atoms with Crippen molar-refractivity contribution in [3.8, 4) is 0 Å². The van der Waals surface area contributed by atoms with Crippen LogP contribution in [0.15, 0.2) is 0 Å². The Morgan fingerprint density at radius 2 is 1.26 bits per heavy atom. The second-order valence-corrected chi connectivity index (χ2v) is 6.94. The molecule has 0 aromatic carbocycles. The Morgan fingerprint density at radius 1 is 0.815 bits per heavy atom. The third-order valence-corrected chi connectivity index (χ3v) is 3.60. The van der Waals surface area contributed by atoms with Gasteiger partial charge in [-0.3, -0.25) is 13.9 Å². The van der Waals surface area contributed by atoms with E-state index in [9.17, 15) is 4.79 Å². The van der Waals surface area contributed by atoms with Crippen molar-refractivity contribution in [1.82, 2.24) is 0 Å². The van der Waals surface area contributed by atoms with E-state index in [4.69, 9.17) is 27.0 Å². The summed E-state index contributed by atoms with van der Waals surface area (Å²) in [4.78, 5) is 11.6. The Balaban J connectivity index is -0.000000844. The molecule has 0 aliphatic carbocycles. The average molecular weight is 421 g/mol. The molecule has 2 N–H and O–H groups in total. The van der Waals surface area contributed by atoms with Crippen LogP contribution in [0.25, 0.3) is 0 Å². The molecule has 0 unspecified atom stereocenters. The van der Waals surface area contributed by atoms with E-state index in [2.05, 4.69) is 13.8 Å². The zero-order valence-electron chi connectivity index (χ0n) is 17.2. The van der Waals surface area contributed by atoms with Crippen LogP contribution in [0.2, 0.25) is 0 Å². The molecular weight excluding hydrogens is 383 g/mol. The molecule has 0 amide bonds. The summed E-state index contributed by atoms with van der Waals surface area (Å²) in [6.45, 7) is 7.94. The molecule has 0 aromatic rings. The minimum Gasteiger partial charge on any atom is -0.411 e. The smallest absolute Gasteiger partial charge is 0.411 e. The summed E-state index contributed by atoms with van der Waals surface area (Å²) in [6, 6.07) is 0. The molecule has 0 saturated carbocycles. The Bertz CT molecular complexity index is 395. The molecule has 9 heteroatoms. The Labute approximate surface area is 187 Å². The second kappa shape index (κ2) is 24.5. The van der Waals surface area contributed by atoms with Crippen LogP contribution in [0, 0.1) is 6.92 Å². The summed E-state index contributed by atoms with van der Waals surface area (Å²) < 4.78 is 42.0. The molecule has 0 rings (SSSR count). The van der Waals surface area contributed by atoms with Crippen molar-refractivity contribution in [3.63, 3.8) is 0 Å². The largest absolute Gasteiger partial charge is 1.00 e. The van der Waals surface area contributed by atoms with Crippen molar-refractivity contribution in [3.05, 3.63) is 6.92 Å². The number of carbonyl (C=O) groups excluding carboxylic acids is 1. The topological polar surface area (TPSA) is 110 Å². The van der Waals surface area contributed by atoms with Gasteiger partial charge in [0.2, 0.25) is 0 Å². The number of hydrogen-bond acceptors (Lipinski definition) is 5. The van der Waals surface area contributed by atoms with Gasteiger partial charge in [-0.15, -0.1) is 0 Å². The van der Waals surface area contributed by atoms with E-state index in [0.717, 1.165) is 6.42 Å². The van der Waals surface area contributed by atoms with Crippen molar-refractivity contribution in [2.75, 3.05) is 26.4 Å². The predicted molar refractivity (Wildman–Crippen MR) is 103 cm³/mol. The first kappa shape index (κ1) is 32.1. The van der Waals surface area contributed by atoms with E-state index < -0.39 is 10.4 Å². The minimum absolute atomic E-state index is 0. The van der Waals surface area contributed by atoms with Gasteiger partial charge >= 0.3 is 40.0 Å². The first-order chi connectivity index (χ1) is 12.3. The summed E-state index contributed by atoms with van der Waals surface area (Å²) in [5, 5.41) is 0. The number of ether oxygens (including phenoxy) is 2. The molecule has 0 spiro atoms. The van der Waals surface area contributed by atoms with Crippen LogP contribution in [0.5, 0.6) is 0 Å². The Kier molecular flexibility index (Phi) is 29.2. The van der Waals surface area contributed by atoms with Crippen molar-refractivity contribution in [2.24, 2.45) is 0 Å². The summed E-state index contributed by atoms with van der Waals surface area (Å²) in [6.07, 6.45) is 12.9. The SMILES string of the molecule is O=S(=O)(O)O.[CH2-]COCCOCCC(=O)CCCCCCCCCCC.[Na+]. The van der Waals surface area contributed by atoms with Crippen LogP contribution in [0.4, 0.5) is 0 Å². The van der Waals surface area contributed by atoms with Crippen LogP contribution < -0.4 is 29.6 Å². The van der Waals surface area contributed by atoms with Gasteiger partial charge in [0.05, 0.1) is 19.8 Å². The van der Waals surface area contributed by atoms with Gasteiger partial charge in [0.15, 0.2) is 0 Å². The van der Waals surface area contributed by atoms with E-state index in [0.29, 0.717) is 45.1 Å². The van der Waals surface area contributed by atoms with E-state index in [1.54, 1.807) is 0 Å². The maximum atomic E-state index is 11.6. The fourth-order valence-electron chi connectivity index (χ4n) is 2.27. The zero-order valence-corrected chi connectivity index (χ0v) is 20.0. The van der Waals surface area contributed by atoms with Gasteiger partial charge < -0.3 is 16.4 Å². The zero-order chi connectivity index (χ0) is 20.1. The fourth-order valence-corrected chi connectivity index (χ4v) is 2.27. The molecule has 0 bridgehead atoms. The molecule has 27 heavy (non-hydrogen) atoms. The number of ketones is 1. The summed E-state index contributed by atoms with van der Waals surface area (Å²) in [5.41, 5.74) is 0. The summed E-state index contributed by atoms with van der Waals surface area (Å²) in [7, 11) is -4.67. The normalized spacial score (nSPS) is 10.7. The van der Waals surface area contributed by atoms with Gasteiger partial charge in [-0.1, -0.05) is 64.9 Å². The van der Waals surface area contributed by atoms with Crippen LogP contribution in [-0.2, 0) is 24.7 Å². The minimum atomic E-state index is -4.67. The van der Waals surface area contributed by atoms with Crippen molar-refractivity contribution in [1.29, 1.82) is 0 Å². The molecule has 0 heterocycles. The van der Waals surface area contributed by atoms with Crippen LogP contribution in [0.1, 0.15) is 77.6 Å². The third-order valence-electron chi connectivity index (χ3n) is 3.60. The van der Waals surface area contributed by atoms with E-state index in [1.165, 1.54) is 51.4 Å². The molecular formula is C18H37NaO7S. The molecule has 7 nitrogen and oxygen atoms in total. The molecule has 158 valence electrons. The van der Waals surface area contributed by atoms with Crippen molar-refractivity contribution >= 4 is 16.2 Å². The number of Topliss-reactive ketones (excluding diaryl/α,β-unsaturated/α-hetero) is 1. The number of carbonyl (C=O) groups is 1. The molecule has 0 atom stereocenters. The Morgan fingerprint density at radius 3 is 1.74 bits per heavy atom. The van der Waals surface area contributed by atoms with Gasteiger partial charge in [-0.25, -0.2) is 0 Å². The number of unbranched alkanes of at least 4 members (excludes halogenated alkanes) is 8. The molecule has 0 aliphatic rings. The predicted octanol–water partition coefficient (Wildman–Crippen LogP) is 1.08. The average Bonchev–Trinajstić information content (AvgIpc) is 2.55. The van der Waals surface area contributed by atoms with E-state index in [-0.39, 0.29) is 29.6 Å². The monoisotopic (exact) mass is 420 g/mol. The van der Waals surface area contributed by atoms with E-state index in [1.807, 2.05) is 0 Å². The van der Waals surface area contributed by atoms with E-state index >= 15 is 0 Å². The van der Waals surface area contributed by atoms with Crippen LogP contribution >= 0.6 is 0 Å². The van der Waals surface area contributed by atoms with Gasteiger partial charge in [0.1, 0.15) is 5.78 Å². The standard InChI is InChI=1S/C18H35O3.Na.H2O4S/c1-3-5-6-7-8-9-10-11-12-13-18(19)14-15-21-17-16-20-4-2;;1-5(2,3)4/h2-17H2,1H3;;(H2,1,2,3,4)/q-1;+1;. The molecule has 0 radical (unpaired) electrons. The summed E-state index contributed by atoms with van der Waals surface area (Å²) >= 11 is 0. The van der Waals surface area contributed by atoms with Gasteiger partial charge in [0, 0.05) is 12.8 Å². The first-order valence-corrected chi connectivity index (χ1v) is 10.9. The Hall–Kier alpha value is 0.460. The molecule has 0 saturated heterocycles. The second-order valence-electron chi connectivity index (χ2n) is 6.04. The van der Waals surface area contributed by atoms with Crippen molar-refractivity contribution in [2.45, 2.75) is 77.6 Å². The van der Waals surface area contributed by atoms with Gasteiger partial charge in [-0.2, -0.15) is 8.42 Å². The molecule has 0 aromatic heterocycles. The number of rotatable bonds is 17. The molecule has 0 fully saturated rings. The maximum Gasteiger partial charge on any atom is 1.00 e. The van der Waals surface area contributed by atoms with Gasteiger partial charge in [-0.05, 0) is 6.42 Å². The quantitative estimate of drug-likeness (QED) is 0.157. The third kappa shape index (κ3) is 41.8. The molecule has 0 aliphatic heterocycles. The van der Waals surface area contributed by atoms with Gasteiger partial charge in [0.25, 0.3) is 0 Å². The maximum absolute atomic E-state index is 11.6.